The smallest absolute Gasteiger partial charge is 0.351 e. The van der Waals surface area contributed by atoms with Crippen LogP contribution in [0.1, 0.15) is 183 Å². The van der Waals surface area contributed by atoms with Crippen molar-refractivity contribution in [1.29, 1.82) is 0 Å². The third kappa shape index (κ3) is 14.4. The number of aromatic nitrogens is 2. The molecule has 0 bridgehead atoms. The number of rotatable bonds is 24. The van der Waals surface area contributed by atoms with Crippen LogP contribution in [-0.2, 0) is 14.3 Å². The van der Waals surface area contributed by atoms with Crippen molar-refractivity contribution in [3.8, 4) is 0 Å². The lowest BCUT2D eigenvalue weighted by molar-refractivity contribution is -0.157. The van der Waals surface area contributed by atoms with Gasteiger partial charge in [0.15, 0.2) is 5.88 Å². The summed E-state index contributed by atoms with van der Waals surface area (Å²) >= 11 is 1.53. The number of thioether (sulfide) groups is 1. The third-order valence-electron chi connectivity index (χ3n) is 11.4. The molecule has 292 valence electrons. The monoisotopic (exact) mass is 732 g/mol. The van der Waals surface area contributed by atoms with Crippen molar-refractivity contribution in [3.05, 3.63) is 34.2 Å². The van der Waals surface area contributed by atoms with Gasteiger partial charge in [-0.25, -0.2) is 4.79 Å². The summed E-state index contributed by atoms with van der Waals surface area (Å²) in [6, 6.07) is 1.73. The van der Waals surface area contributed by atoms with Crippen LogP contribution in [0.2, 0.25) is 0 Å². The molecule has 1 aromatic heterocycles. The van der Waals surface area contributed by atoms with Crippen LogP contribution in [-0.4, -0.2) is 37.9 Å². The summed E-state index contributed by atoms with van der Waals surface area (Å²) in [7, 11) is 0. The highest BCUT2D eigenvalue weighted by molar-refractivity contribution is 8.00. The lowest BCUT2D eigenvalue weighted by atomic mass is 9.69. The van der Waals surface area contributed by atoms with Gasteiger partial charge in [0.25, 0.3) is 0 Å². The molecule has 8 nitrogen and oxygen atoms in total. The van der Waals surface area contributed by atoms with E-state index in [-0.39, 0.29) is 35.2 Å². The van der Waals surface area contributed by atoms with Gasteiger partial charge in [-0.05, 0) is 80.3 Å². The van der Waals surface area contributed by atoms with Crippen LogP contribution >= 0.6 is 11.8 Å². The Balaban J connectivity index is 1.67. The molecule has 2 N–H and O–H groups in total. The number of ether oxygens (including phenoxy) is 2. The molecule has 3 rings (SSSR count). The van der Waals surface area contributed by atoms with Gasteiger partial charge in [-0.15, -0.1) is 11.8 Å². The molecule has 1 saturated heterocycles. The molecule has 2 aliphatic rings. The van der Waals surface area contributed by atoms with Crippen molar-refractivity contribution in [2.24, 2.45) is 23.2 Å². The number of nitrogens with zero attached hydrogens (tertiary/aromatic N) is 2. The van der Waals surface area contributed by atoms with E-state index in [0.717, 1.165) is 63.4 Å². The predicted molar refractivity (Wildman–Crippen MR) is 213 cm³/mol. The average Bonchev–Trinajstić information content (AvgIpc) is 3.55. The van der Waals surface area contributed by atoms with Crippen LogP contribution in [0.4, 0.5) is 5.82 Å². The Bertz CT molecular complexity index is 1220. The van der Waals surface area contributed by atoms with E-state index in [0.29, 0.717) is 29.3 Å². The summed E-state index contributed by atoms with van der Waals surface area (Å²) in [5.74, 6) is 2.33. The zero-order chi connectivity index (χ0) is 37.2. The lowest BCUT2D eigenvalue weighted by Crippen LogP contribution is -2.34. The Morgan fingerprint density at radius 3 is 2.18 bits per heavy atom. The molecular weight excluding hydrogens is 659 g/mol. The van der Waals surface area contributed by atoms with Gasteiger partial charge in [0, 0.05) is 11.9 Å². The maximum absolute atomic E-state index is 13.3. The standard InChI is InChI=1S/C42H73N3O5S/c1-8-11-14-17-23-42(24-18-15-12-9-2,25-19-16-13-10-3)33(7)40(47)43-36-22-26-45(41(48)44-36)37-30-51-39(50-37)29-38(46)49-35-28-32(6)20-21-34(35)27-31(4)5/h22,26,31-32,34-35,37,39,47H,8-21,23-25,27-30H2,1-7H3,(H,43,44,48). The molecule has 0 aromatic carbocycles. The average molecular weight is 732 g/mol. The van der Waals surface area contributed by atoms with Gasteiger partial charge >= 0.3 is 11.7 Å². The van der Waals surface area contributed by atoms with Gasteiger partial charge < -0.3 is 19.9 Å². The number of anilines is 1. The highest BCUT2D eigenvalue weighted by Crippen LogP contribution is 2.45. The predicted octanol–water partition coefficient (Wildman–Crippen LogP) is 11.7. The lowest BCUT2D eigenvalue weighted by Gasteiger charge is -2.36. The number of aliphatic hydroxyl groups excluding tert-OH is 1. The number of hydrogen-bond donors (Lipinski definition) is 2. The Kier molecular flexibility index (Phi) is 19.5. The van der Waals surface area contributed by atoms with Gasteiger partial charge in [0.2, 0.25) is 0 Å². The number of carbonyl (C=O) groups is 1. The van der Waals surface area contributed by atoms with E-state index in [4.69, 9.17) is 9.47 Å². The molecule has 1 aliphatic heterocycles. The second kappa shape index (κ2) is 22.9. The molecule has 0 amide bonds. The molecule has 1 saturated carbocycles. The van der Waals surface area contributed by atoms with Crippen molar-refractivity contribution in [2.75, 3.05) is 11.1 Å². The van der Waals surface area contributed by atoms with Crippen LogP contribution in [0.3, 0.4) is 0 Å². The van der Waals surface area contributed by atoms with Crippen LogP contribution in [0, 0.1) is 23.2 Å². The van der Waals surface area contributed by atoms with E-state index in [2.05, 4.69) is 58.8 Å². The number of esters is 1. The number of hydrogen-bond acceptors (Lipinski definition) is 8. The fourth-order valence-electron chi connectivity index (χ4n) is 8.24. The topological polar surface area (TPSA) is 103 Å². The van der Waals surface area contributed by atoms with Gasteiger partial charge in [0.05, 0.1) is 6.42 Å². The maximum Gasteiger partial charge on any atom is 0.351 e. The normalized spacial score (nSPS) is 23.0. The molecule has 5 unspecified atom stereocenters. The minimum absolute atomic E-state index is 0.0276. The second-order valence-corrected chi connectivity index (χ2v) is 17.4. The van der Waals surface area contributed by atoms with Gasteiger partial charge in [0.1, 0.15) is 23.6 Å². The molecule has 2 heterocycles. The molecule has 1 aliphatic carbocycles. The number of aliphatic hydroxyl groups is 1. The highest BCUT2D eigenvalue weighted by Gasteiger charge is 2.36. The van der Waals surface area contributed by atoms with E-state index >= 15 is 0 Å². The van der Waals surface area contributed by atoms with Gasteiger partial charge in [-0.2, -0.15) is 4.98 Å². The summed E-state index contributed by atoms with van der Waals surface area (Å²) in [6.07, 6.45) is 23.3. The highest BCUT2D eigenvalue weighted by atomic mass is 32.2. The largest absolute Gasteiger partial charge is 0.495 e. The first-order valence-corrected chi connectivity index (χ1v) is 21.8. The third-order valence-corrected chi connectivity index (χ3v) is 12.5. The van der Waals surface area contributed by atoms with Gasteiger partial charge in [-0.3, -0.25) is 9.36 Å². The van der Waals surface area contributed by atoms with E-state index in [1.807, 2.05) is 0 Å². The molecule has 1 aromatic rings. The number of allylic oxidation sites excluding steroid dienone is 1. The Morgan fingerprint density at radius 2 is 1.63 bits per heavy atom. The summed E-state index contributed by atoms with van der Waals surface area (Å²) in [5, 5.41) is 14.6. The minimum atomic E-state index is -0.516. The molecule has 5 atom stereocenters. The number of unbranched alkanes of at least 4 members (excludes halogenated alkanes) is 9. The van der Waals surface area contributed by atoms with Crippen LogP contribution in [0.5, 0.6) is 0 Å². The Labute approximate surface area is 314 Å². The zero-order valence-corrected chi connectivity index (χ0v) is 34.2. The summed E-state index contributed by atoms with van der Waals surface area (Å²) < 4.78 is 13.7. The molecule has 2 fully saturated rings. The molecule has 51 heavy (non-hydrogen) atoms. The van der Waals surface area contributed by atoms with Crippen molar-refractivity contribution in [2.45, 2.75) is 195 Å². The zero-order valence-electron chi connectivity index (χ0n) is 33.4. The minimum Gasteiger partial charge on any atom is -0.495 e. The van der Waals surface area contributed by atoms with Crippen LogP contribution in [0.15, 0.2) is 28.5 Å². The second-order valence-electron chi connectivity index (χ2n) is 16.2. The molecule has 0 radical (unpaired) electrons. The van der Waals surface area contributed by atoms with Gasteiger partial charge in [-0.1, -0.05) is 125 Å². The van der Waals surface area contributed by atoms with E-state index in [9.17, 15) is 14.7 Å². The van der Waals surface area contributed by atoms with Crippen molar-refractivity contribution < 1.29 is 19.4 Å². The van der Waals surface area contributed by atoms with Crippen molar-refractivity contribution in [1.82, 2.24) is 9.55 Å². The van der Waals surface area contributed by atoms with E-state index < -0.39 is 11.9 Å². The van der Waals surface area contributed by atoms with E-state index in [1.54, 1.807) is 12.3 Å². The first-order valence-electron chi connectivity index (χ1n) is 20.7. The Morgan fingerprint density at radius 1 is 1.02 bits per heavy atom. The quantitative estimate of drug-likeness (QED) is 0.0615. The SMILES string of the molecule is CCCCCCC(CCCCCC)(CCCCCC)C(C)=C(O)Nc1ccn(C2CSC(CC(=O)OC3CC(C)CCC3CC(C)C)O2)c(=O)n1. The number of carbonyl (C=O) groups excluding carboxylic acids is 1. The summed E-state index contributed by atoms with van der Waals surface area (Å²) in [5.41, 5.74) is 0.0987. The van der Waals surface area contributed by atoms with Crippen molar-refractivity contribution in [3.63, 3.8) is 0 Å². The first kappa shape index (κ1) is 43.4. The number of nitrogens with one attached hydrogen (secondary N) is 1. The maximum atomic E-state index is 13.3. The summed E-state index contributed by atoms with van der Waals surface area (Å²) in [6.45, 7) is 15.5. The molecule has 9 heteroatoms. The van der Waals surface area contributed by atoms with Crippen LogP contribution in [0.25, 0.3) is 0 Å². The fourth-order valence-corrected chi connectivity index (χ4v) is 9.32. The van der Waals surface area contributed by atoms with Crippen LogP contribution < -0.4 is 11.0 Å². The Hall–Kier alpha value is -2.00. The first-order chi connectivity index (χ1) is 24.5. The fraction of sp³-hybridized carbons (Fsp3) is 0.833. The van der Waals surface area contributed by atoms with Crippen molar-refractivity contribution >= 4 is 23.5 Å². The van der Waals surface area contributed by atoms with E-state index in [1.165, 1.54) is 80.5 Å². The molecular formula is C42H73N3O5S. The summed E-state index contributed by atoms with van der Waals surface area (Å²) in [4.78, 5) is 30.6. The molecule has 0 spiro atoms.